The van der Waals surface area contributed by atoms with Gasteiger partial charge in [0.2, 0.25) is 0 Å². The lowest BCUT2D eigenvalue weighted by Gasteiger charge is -2.13. The van der Waals surface area contributed by atoms with Gasteiger partial charge in [-0.1, -0.05) is 42.5 Å². The van der Waals surface area contributed by atoms with Crippen LogP contribution >= 0.6 is 0 Å². The van der Waals surface area contributed by atoms with E-state index in [4.69, 9.17) is 9.15 Å². The first-order chi connectivity index (χ1) is 16.9. The van der Waals surface area contributed by atoms with Crippen molar-refractivity contribution in [3.8, 4) is 16.8 Å². The van der Waals surface area contributed by atoms with Gasteiger partial charge in [-0.25, -0.2) is 9.59 Å². The van der Waals surface area contributed by atoms with Crippen molar-refractivity contribution in [1.29, 1.82) is 0 Å². The zero-order valence-corrected chi connectivity index (χ0v) is 19.0. The van der Waals surface area contributed by atoms with Crippen LogP contribution in [0.25, 0.3) is 38.7 Å². The van der Waals surface area contributed by atoms with E-state index in [2.05, 4.69) is 0 Å². The van der Waals surface area contributed by atoms with E-state index >= 15 is 0 Å². The minimum absolute atomic E-state index is 0.125. The number of aromatic nitrogens is 1. The van der Waals surface area contributed by atoms with Crippen LogP contribution in [0.3, 0.4) is 0 Å². The number of esters is 1. The average Bonchev–Trinajstić information content (AvgIpc) is 3.21. The van der Waals surface area contributed by atoms with Gasteiger partial charge in [-0.3, -0.25) is 14.7 Å². The van der Waals surface area contributed by atoms with Crippen LogP contribution in [0, 0.1) is 17.0 Å². The summed E-state index contributed by atoms with van der Waals surface area (Å²) in [6.45, 7) is 3.64. The minimum Gasteiger partial charge on any atom is -0.461 e. The van der Waals surface area contributed by atoms with Gasteiger partial charge in [-0.05, 0) is 43.2 Å². The van der Waals surface area contributed by atoms with E-state index in [1.54, 1.807) is 41.8 Å². The molecule has 0 radical (unpaired) electrons. The van der Waals surface area contributed by atoms with E-state index in [-0.39, 0.29) is 23.7 Å². The van der Waals surface area contributed by atoms with E-state index in [0.29, 0.717) is 33.0 Å². The first kappa shape index (κ1) is 22.1. The Morgan fingerprint density at radius 1 is 1.06 bits per heavy atom. The number of aryl methyl sites for hydroxylation is 1. The predicted octanol–water partition coefficient (Wildman–Crippen LogP) is 5.80. The van der Waals surface area contributed by atoms with Crippen LogP contribution in [0.1, 0.15) is 23.0 Å². The summed E-state index contributed by atoms with van der Waals surface area (Å²) in [7, 11) is 0. The number of benzene rings is 3. The third-order valence-electron chi connectivity index (χ3n) is 5.87. The van der Waals surface area contributed by atoms with Gasteiger partial charge >= 0.3 is 11.6 Å². The van der Waals surface area contributed by atoms with Crippen LogP contribution in [0.15, 0.2) is 82.0 Å². The van der Waals surface area contributed by atoms with Crippen molar-refractivity contribution >= 4 is 33.5 Å². The van der Waals surface area contributed by atoms with Crippen molar-refractivity contribution in [3.05, 3.63) is 105 Å². The fourth-order valence-electron chi connectivity index (χ4n) is 4.54. The molecule has 5 aromatic rings. The van der Waals surface area contributed by atoms with E-state index in [0.717, 1.165) is 5.56 Å². The van der Waals surface area contributed by atoms with E-state index in [9.17, 15) is 19.7 Å². The molecule has 0 aliphatic rings. The fraction of sp³-hybridized carbons (Fsp3) is 0.111. The molecule has 2 heterocycles. The highest BCUT2D eigenvalue weighted by molar-refractivity contribution is 6.19. The van der Waals surface area contributed by atoms with Gasteiger partial charge in [0.05, 0.1) is 17.0 Å². The molecule has 0 saturated carbocycles. The van der Waals surface area contributed by atoms with Crippen molar-refractivity contribution in [2.24, 2.45) is 0 Å². The molecule has 0 aliphatic carbocycles. The monoisotopic (exact) mass is 468 g/mol. The van der Waals surface area contributed by atoms with Crippen LogP contribution in [-0.2, 0) is 4.74 Å². The standard InChI is InChI=1S/C27H20N2O6/c1-3-34-27(31)26-23(17-9-5-4-6-10-17)24-18-13-14-22(30)35-21(18)15-16(2)25(24)28(26)19-11-7-8-12-20(19)29(32)33/h4-15H,3H2,1-2H3. The highest BCUT2D eigenvalue weighted by Crippen LogP contribution is 2.43. The van der Waals surface area contributed by atoms with Crippen molar-refractivity contribution in [2.75, 3.05) is 6.61 Å². The zero-order chi connectivity index (χ0) is 24.7. The van der Waals surface area contributed by atoms with Crippen molar-refractivity contribution in [1.82, 2.24) is 4.57 Å². The Bertz CT molecular complexity index is 1680. The molecule has 5 rings (SSSR count). The number of nitro groups is 1. The minimum atomic E-state index is -0.620. The summed E-state index contributed by atoms with van der Waals surface area (Å²) >= 11 is 0. The molecule has 0 amide bonds. The molecule has 8 heteroatoms. The van der Waals surface area contributed by atoms with Gasteiger partial charge in [0.25, 0.3) is 5.69 Å². The van der Waals surface area contributed by atoms with Gasteiger partial charge in [0.15, 0.2) is 0 Å². The number of nitro benzene ring substituents is 1. The number of hydrogen-bond acceptors (Lipinski definition) is 6. The number of nitrogens with zero attached hydrogens (tertiary/aromatic N) is 2. The lowest BCUT2D eigenvalue weighted by atomic mass is 9.98. The molecule has 35 heavy (non-hydrogen) atoms. The number of carbonyl (C=O) groups is 1. The van der Waals surface area contributed by atoms with Gasteiger partial charge in [-0.15, -0.1) is 0 Å². The van der Waals surface area contributed by atoms with E-state index in [1.165, 1.54) is 12.1 Å². The number of rotatable bonds is 5. The Balaban J connectivity index is 2.09. The molecule has 0 aliphatic heterocycles. The van der Waals surface area contributed by atoms with Crippen molar-refractivity contribution < 1.29 is 18.9 Å². The molecule has 0 N–H and O–H groups in total. The zero-order valence-electron chi connectivity index (χ0n) is 19.0. The number of ether oxygens (including phenoxy) is 1. The normalized spacial score (nSPS) is 11.1. The molecule has 0 unspecified atom stereocenters. The highest BCUT2D eigenvalue weighted by atomic mass is 16.6. The van der Waals surface area contributed by atoms with Crippen LogP contribution in [0.4, 0.5) is 5.69 Å². The summed E-state index contributed by atoms with van der Waals surface area (Å²) in [5.74, 6) is -0.620. The number of hydrogen-bond donors (Lipinski definition) is 0. The average molecular weight is 468 g/mol. The largest absolute Gasteiger partial charge is 0.461 e. The summed E-state index contributed by atoms with van der Waals surface area (Å²) in [5, 5.41) is 13.2. The molecule has 0 fully saturated rings. The van der Waals surface area contributed by atoms with E-state index < -0.39 is 16.5 Å². The molecule has 0 atom stereocenters. The molecule has 3 aromatic carbocycles. The lowest BCUT2D eigenvalue weighted by Crippen LogP contribution is -2.13. The molecular formula is C27H20N2O6. The first-order valence-electron chi connectivity index (χ1n) is 11.0. The second-order valence-electron chi connectivity index (χ2n) is 7.97. The summed E-state index contributed by atoms with van der Waals surface area (Å²) in [4.78, 5) is 37.0. The second-order valence-corrected chi connectivity index (χ2v) is 7.97. The summed E-state index contributed by atoms with van der Waals surface area (Å²) in [5.41, 5.74) is 2.60. The smallest absolute Gasteiger partial charge is 0.355 e. The Morgan fingerprint density at radius 3 is 2.49 bits per heavy atom. The summed E-state index contributed by atoms with van der Waals surface area (Å²) < 4.78 is 12.5. The van der Waals surface area contributed by atoms with Gasteiger partial charge < -0.3 is 9.15 Å². The Morgan fingerprint density at radius 2 is 1.77 bits per heavy atom. The third-order valence-corrected chi connectivity index (χ3v) is 5.87. The Kier molecular flexibility index (Phi) is 5.41. The number of para-hydroxylation sites is 2. The molecule has 2 aromatic heterocycles. The first-order valence-corrected chi connectivity index (χ1v) is 11.0. The Hall–Kier alpha value is -4.72. The Labute approximate surface area is 199 Å². The summed E-state index contributed by atoms with van der Waals surface area (Å²) in [6, 6.07) is 20.2. The second kappa shape index (κ2) is 8.57. The van der Waals surface area contributed by atoms with Crippen molar-refractivity contribution in [2.45, 2.75) is 13.8 Å². The van der Waals surface area contributed by atoms with Crippen molar-refractivity contribution in [3.63, 3.8) is 0 Å². The SMILES string of the molecule is CCOC(=O)c1c(-c2ccccc2)c2c3ccc(=O)oc3cc(C)c2n1-c1ccccc1[N+](=O)[O-]. The molecule has 8 nitrogen and oxygen atoms in total. The summed E-state index contributed by atoms with van der Waals surface area (Å²) in [6.07, 6.45) is 0. The molecule has 0 saturated heterocycles. The quantitative estimate of drug-likeness (QED) is 0.140. The molecule has 0 spiro atoms. The molecule has 0 bridgehead atoms. The maximum atomic E-state index is 13.5. The van der Waals surface area contributed by atoms with Gasteiger partial charge in [0.1, 0.15) is 17.0 Å². The maximum Gasteiger partial charge on any atom is 0.355 e. The number of fused-ring (bicyclic) bond motifs is 3. The highest BCUT2D eigenvalue weighted by Gasteiger charge is 2.31. The van der Waals surface area contributed by atoms with Crippen LogP contribution in [0.5, 0.6) is 0 Å². The topological polar surface area (TPSA) is 105 Å². The van der Waals surface area contributed by atoms with Gasteiger partial charge in [-0.2, -0.15) is 0 Å². The van der Waals surface area contributed by atoms with Crippen LogP contribution in [-0.4, -0.2) is 22.1 Å². The van der Waals surface area contributed by atoms with Crippen LogP contribution < -0.4 is 5.63 Å². The lowest BCUT2D eigenvalue weighted by molar-refractivity contribution is -0.384. The number of carbonyl (C=O) groups excluding carboxylic acids is 1. The maximum absolute atomic E-state index is 13.5. The molecular weight excluding hydrogens is 448 g/mol. The fourth-order valence-corrected chi connectivity index (χ4v) is 4.54. The van der Waals surface area contributed by atoms with E-state index in [1.807, 2.05) is 37.3 Å². The predicted molar refractivity (Wildman–Crippen MR) is 132 cm³/mol. The molecule has 174 valence electrons. The van der Waals surface area contributed by atoms with Gasteiger partial charge in [0, 0.05) is 28.5 Å². The van der Waals surface area contributed by atoms with Crippen LogP contribution in [0.2, 0.25) is 0 Å². The third kappa shape index (κ3) is 3.56.